The van der Waals surface area contributed by atoms with Gasteiger partial charge >= 0.3 is 0 Å². The molecule has 0 aliphatic carbocycles. The van der Waals surface area contributed by atoms with Gasteiger partial charge in [-0.2, -0.15) is 0 Å². The average molecular weight is 347 g/mol. The lowest BCUT2D eigenvalue weighted by Gasteiger charge is -2.09. The Morgan fingerprint density at radius 1 is 1.16 bits per heavy atom. The number of halogens is 4. The summed E-state index contributed by atoms with van der Waals surface area (Å²) in [6.07, 6.45) is 0. The Bertz CT molecular complexity index is 617. The van der Waals surface area contributed by atoms with E-state index in [-0.39, 0.29) is 11.3 Å². The van der Waals surface area contributed by atoms with E-state index in [1.165, 1.54) is 13.0 Å². The van der Waals surface area contributed by atoms with Crippen LogP contribution in [0.3, 0.4) is 0 Å². The van der Waals surface area contributed by atoms with Crippen molar-refractivity contribution in [2.75, 3.05) is 5.32 Å². The van der Waals surface area contributed by atoms with Gasteiger partial charge in [0.25, 0.3) is 0 Å². The lowest BCUT2D eigenvalue weighted by Crippen LogP contribution is -2.02. The van der Waals surface area contributed by atoms with E-state index in [4.69, 9.17) is 11.6 Å². The summed E-state index contributed by atoms with van der Waals surface area (Å²) in [7, 11) is 0. The molecule has 0 radical (unpaired) electrons. The topological polar surface area (TPSA) is 12.0 Å². The van der Waals surface area contributed by atoms with Gasteiger partial charge in [-0.3, -0.25) is 0 Å². The first-order chi connectivity index (χ1) is 8.97. The summed E-state index contributed by atoms with van der Waals surface area (Å²) in [4.78, 5) is 0. The molecule has 0 saturated carbocycles. The van der Waals surface area contributed by atoms with Crippen LogP contribution in [0.25, 0.3) is 0 Å². The lowest BCUT2D eigenvalue weighted by molar-refractivity contribution is 0.594. The molecule has 0 spiro atoms. The molecular weight excluding hydrogens is 336 g/mol. The van der Waals surface area contributed by atoms with Crippen molar-refractivity contribution in [1.82, 2.24) is 0 Å². The van der Waals surface area contributed by atoms with Crippen LogP contribution in [-0.2, 0) is 6.54 Å². The first kappa shape index (κ1) is 14.3. The molecule has 0 amide bonds. The molecule has 1 nitrogen and oxygen atoms in total. The van der Waals surface area contributed by atoms with E-state index in [2.05, 4.69) is 21.2 Å². The number of hydrogen-bond acceptors (Lipinski definition) is 1. The largest absolute Gasteiger partial charge is 0.379 e. The van der Waals surface area contributed by atoms with Gasteiger partial charge in [-0.05, 0) is 52.2 Å². The van der Waals surface area contributed by atoms with Crippen LogP contribution in [-0.4, -0.2) is 0 Å². The van der Waals surface area contributed by atoms with E-state index >= 15 is 0 Å². The van der Waals surface area contributed by atoms with E-state index in [9.17, 15) is 8.78 Å². The van der Waals surface area contributed by atoms with Crippen molar-refractivity contribution >= 4 is 33.2 Å². The molecule has 0 fully saturated rings. The molecule has 2 rings (SSSR count). The Kier molecular flexibility index (Phi) is 4.42. The first-order valence-corrected chi connectivity index (χ1v) is 6.78. The van der Waals surface area contributed by atoms with Crippen molar-refractivity contribution in [3.63, 3.8) is 0 Å². The van der Waals surface area contributed by atoms with Gasteiger partial charge in [-0.1, -0.05) is 17.7 Å². The van der Waals surface area contributed by atoms with Gasteiger partial charge in [0.05, 0.1) is 10.7 Å². The molecular formula is C14H11BrClF2N. The van der Waals surface area contributed by atoms with E-state index in [0.29, 0.717) is 11.6 Å². The zero-order valence-electron chi connectivity index (χ0n) is 10.1. The molecule has 2 aromatic carbocycles. The molecule has 5 heteroatoms. The molecule has 100 valence electrons. The number of hydrogen-bond donors (Lipinski definition) is 1. The summed E-state index contributed by atoms with van der Waals surface area (Å²) < 4.78 is 27.8. The van der Waals surface area contributed by atoms with Gasteiger partial charge < -0.3 is 5.32 Å². The smallest absolute Gasteiger partial charge is 0.146 e. The predicted molar refractivity (Wildman–Crippen MR) is 77.6 cm³/mol. The fourth-order valence-corrected chi connectivity index (χ4v) is 2.08. The van der Waals surface area contributed by atoms with E-state index in [1.54, 1.807) is 6.07 Å². The summed E-state index contributed by atoms with van der Waals surface area (Å²) in [5.41, 5.74) is 1.31. The standard InChI is InChI=1S/C14H11BrClF2N/c1-8-4-13(18)14(6-12(8)17)19-7-9-2-3-10(15)11(16)5-9/h2-6,19H,7H2,1H3. The summed E-state index contributed by atoms with van der Waals surface area (Å²) in [6, 6.07) is 7.76. The normalized spacial score (nSPS) is 10.6. The van der Waals surface area contributed by atoms with Crippen LogP contribution in [0.5, 0.6) is 0 Å². The number of anilines is 1. The van der Waals surface area contributed by atoms with Gasteiger partial charge in [0.15, 0.2) is 0 Å². The van der Waals surface area contributed by atoms with Gasteiger partial charge in [0, 0.05) is 17.1 Å². The van der Waals surface area contributed by atoms with Gasteiger partial charge in [0.2, 0.25) is 0 Å². The van der Waals surface area contributed by atoms with Crippen LogP contribution >= 0.6 is 27.5 Å². The van der Waals surface area contributed by atoms with Crippen LogP contribution in [0.2, 0.25) is 5.02 Å². The molecule has 0 bridgehead atoms. The highest BCUT2D eigenvalue weighted by molar-refractivity contribution is 9.10. The van der Waals surface area contributed by atoms with Crippen molar-refractivity contribution in [3.05, 3.63) is 62.6 Å². The second kappa shape index (κ2) is 5.88. The zero-order chi connectivity index (χ0) is 14.0. The number of benzene rings is 2. The molecule has 0 aliphatic heterocycles. The Balaban J connectivity index is 2.14. The van der Waals surface area contributed by atoms with E-state index in [1.807, 2.05) is 12.1 Å². The highest BCUT2D eigenvalue weighted by Crippen LogP contribution is 2.24. The Labute approximate surface area is 123 Å². The molecule has 19 heavy (non-hydrogen) atoms. The highest BCUT2D eigenvalue weighted by atomic mass is 79.9. The minimum Gasteiger partial charge on any atom is -0.379 e. The third-order valence-electron chi connectivity index (χ3n) is 2.72. The zero-order valence-corrected chi connectivity index (χ0v) is 12.4. The van der Waals surface area contributed by atoms with Crippen molar-refractivity contribution in [3.8, 4) is 0 Å². The number of nitrogens with one attached hydrogen (secondary N) is 1. The second-order valence-corrected chi connectivity index (χ2v) is 5.44. The summed E-state index contributed by atoms with van der Waals surface area (Å²) in [5.74, 6) is -0.903. The summed E-state index contributed by atoms with van der Waals surface area (Å²) >= 11 is 9.26. The quantitative estimate of drug-likeness (QED) is 0.795. The molecule has 2 aromatic rings. The van der Waals surface area contributed by atoms with Crippen molar-refractivity contribution in [1.29, 1.82) is 0 Å². The molecule has 0 heterocycles. The Morgan fingerprint density at radius 2 is 1.89 bits per heavy atom. The minimum atomic E-state index is -0.470. The Morgan fingerprint density at radius 3 is 2.58 bits per heavy atom. The van der Waals surface area contributed by atoms with Gasteiger partial charge in [-0.25, -0.2) is 8.78 Å². The Hall–Kier alpha value is -1.13. The first-order valence-electron chi connectivity index (χ1n) is 5.61. The summed E-state index contributed by atoms with van der Waals surface area (Å²) in [5, 5.41) is 3.43. The predicted octanol–water partition coefficient (Wildman–Crippen LogP) is 5.30. The minimum absolute atomic E-state index is 0.141. The van der Waals surface area contributed by atoms with Crippen LogP contribution in [0.15, 0.2) is 34.8 Å². The van der Waals surface area contributed by atoms with E-state index < -0.39 is 11.6 Å². The SMILES string of the molecule is Cc1cc(F)c(NCc2ccc(Br)c(Cl)c2)cc1F. The monoisotopic (exact) mass is 345 g/mol. The van der Waals surface area contributed by atoms with Crippen molar-refractivity contribution < 1.29 is 8.78 Å². The van der Waals surface area contributed by atoms with Crippen molar-refractivity contribution in [2.45, 2.75) is 13.5 Å². The molecule has 0 aliphatic rings. The molecule has 0 unspecified atom stereocenters. The average Bonchev–Trinajstić information content (AvgIpc) is 2.36. The fraction of sp³-hybridized carbons (Fsp3) is 0.143. The second-order valence-electron chi connectivity index (χ2n) is 4.18. The number of rotatable bonds is 3. The van der Waals surface area contributed by atoms with Crippen LogP contribution in [0.4, 0.5) is 14.5 Å². The fourth-order valence-electron chi connectivity index (χ4n) is 1.63. The van der Waals surface area contributed by atoms with Crippen LogP contribution < -0.4 is 5.32 Å². The maximum atomic E-state index is 13.6. The summed E-state index contributed by atoms with van der Waals surface area (Å²) in [6.45, 7) is 1.89. The van der Waals surface area contributed by atoms with Crippen LogP contribution in [0, 0.1) is 18.6 Å². The molecule has 0 saturated heterocycles. The molecule has 0 atom stereocenters. The third-order valence-corrected chi connectivity index (χ3v) is 3.95. The molecule has 0 aromatic heterocycles. The third kappa shape index (κ3) is 3.45. The number of aryl methyl sites for hydroxylation is 1. The lowest BCUT2D eigenvalue weighted by atomic mass is 10.2. The highest BCUT2D eigenvalue weighted by Gasteiger charge is 2.07. The maximum Gasteiger partial charge on any atom is 0.146 e. The van der Waals surface area contributed by atoms with Crippen LogP contribution in [0.1, 0.15) is 11.1 Å². The van der Waals surface area contributed by atoms with Gasteiger partial charge in [-0.15, -0.1) is 0 Å². The maximum absolute atomic E-state index is 13.6. The van der Waals surface area contributed by atoms with Gasteiger partial charge in [0.1, 0.15) is 11.6 Å². The van der Waals surface area contributed by atoms with E-state index in [0.717, 1.165) is 16.1 Å². The molecule has 1 N–H and O–H groups in total. The van der Waals surface area contributed by atoms with Crippen molar-refractivity contribution in [2.24, 2.45) is 0 Å².